The third kappa shape index (κ3) is 4.76. The first-order valence-electron chi connectivity index (χ1n) is 9.45. The maximum atomic E-state index is 12.6. The zero-order chi connectivity index (χ0) is 21.0. The molecule has 0 saturated heterocycles. The van der Waals surface area contributed by atoms with Gasteiger partial charge in [0.15, 0.2) is 0 Å². The average Bonchev–Trinajstić information content (AvgIpc) is 2.70. The summed E-state index contributed by atoms with van der Waals surface area (Å²) in [7, 11) is -1.59. The molecule has 1 aliphatic rings. The molecule has 1 aliphatic carbocycles. The molecule has 0 fully saturated rings. The Hall–Kier alpha value is -2.87. The van der Waals surface area contributed by atoms with Gasteiger partial charge in [0.25, 0.3) is 11.5 Å². The van der Waals surface area contributed by atoms with Crippen LogP contribution < -0.4 is 15.6 Å². The van der Waals surface area contributed by atoms with Crippen molar-refractivity contribution in [2.75, 3.05) is 13.7 Å². The fourth-order valence-electron chi connectivity index (χ4n) is 3.39. The Morgan fingerprint density at radius 1 is 1.31 bits per heavy atom. The van der Waals surface area contributed by atoms with Crippen molar-refractivity contribution < 1.29 is 13.7 Å². The Morgan fingerprint density at radius 2 is 2.07 bits per heavy atom. The molecular formula is C21H25N3O4S. The van der Waals surface area contributed by atoms with E-state index in [0.717, 1.165) is 42.5 Å². The highest BCUT2D eigenvalue weighted by molar-refractivity contribution is 7.95. The Labute approximate surface area is 170 Å². The highest BCUT2D eigenvalue weighted by Gasteiger charge is 2.16. The molecule has 7 nitrogen and oxygen atoms in total. The van der Waals surface area contributed by atoms with Gasteiger partial charge in [-0.2, -0.15) is 0 Å². The molecule has 0 radical (unpaired) electrons. The van der Waals surface area contributed by atoms with Gasteiger partial charge in [0.1, 0.15) is 11.3 Å². The van der Waals surface area contributed by atoms with Crippen LogP contribution in [0.2, 0.25) is 0 Å². The van der Waals surface area contributed by atoms with E-state index in [1.54, 1.807) is 31.4 Å². The number of benzene rings is 1. The third-order valence-corrected chi connectivity index (χ3v) is 6.50. The summed E-state index contributed by atoms with van der Waals surface area (Å²) in [6.45, 7) is 1.89. The number of pyridine rings is 1. The van der Waals surface area contributed by atoms with Crippen LogP contribution in [-0.4, -0.2) is 28.8 Å². The van der Waals surface area contributed by atoms with E-state index in [1.165, 1.54) is 11.5 Å². The number of aryl methyl sites for hydroxylation is 3. The Bertz CT molecular complexity index is 1120. The number of ether oxygens (including phenoxy) is 1. The molecule has 2 aromatic rings. The SMILES string of the molecule is COc1ccc(S(=N)(=O)/C=C/CNC(=O)c2cc3c([nH]c2=O)CCCC3)cc1C. The van der Waals surface area contributed by atoms with E-state index in [1.807, 2.05) is 6.92 Å². The first kappa shape index (κ1) is 20.9. The number of H-pyrrole nitrogens is 1. The summed E-state index contributed by atoms with van der Waals surface area (Å²) in [5, 5.41) is 3.90. The van der Waals surface area contributed by atoms with Crippen molar-refractivity contribution in [3.63, 3.8) is 0 Å². The molecule has 1 unspecified atom stereocenters. The molecule has 3 rings (SSSR count). The summed E-state index contributed by atoms with van der Waals surface area (Å²) >= 11 is 0. The molecule has 0 saturated carbocycles. The fourth-order valence-corrected chi connectivity index (χ4v) is 4.54. The molecule has 29 heavy (non-hydrogen) atoms. The predicted molar refractivity (Wildman–Crippen MR) is 112 cm³/mol. The summed E-state index contributed by atoms with van der Waals surface area (Å²) in [6, 6.07) is 6.59. The molecule has 1 heterocycles. The first-order chi connectivity index (χ1) is 13.8. The van der Waals surface area contributed by atoms with Crippen molar-refractivity contribution in [1.82, 2.24) is 10.3 Å². The van der Waals surface area contributed by atoms with Crippen molar-refractivity contribution in [2.24, 2.45) is 0 Å². The van der Waals surface area contributed by atoms with Crippen LogP contribution in [-0.2, 0) is 22.6 Å². The van der Waals surface area contributed by atoms with Crippen molar-refractivity contribution >= 4 is 15.6 Å². The fraction of sp³-hybridized carbons (Fsp3) is 0.333. The van der Waals surface area contributed by atoms with Gasteiger partial charge in [-0.15, -0.1) is 0 Å². The highest BCUT2D eigenvalue weighted by atomic mass is 32.2. The molecular weight excluding hydrogens is 390 g/mol. The van der Waals surface area contributed by atoms with Gasteiger partial charge in [0.05, 0.1) is 21.7 Å². The molecule has 1 aromatic heterocycles. The Balaban J connectivity index is 1.66. The molecule has 0 bridgehead atoms. The van der Waals surface area contributed by atoms with Gasteiger partial charge in [-0.1, -0.05) is 6.08 Å². The molecule has 0 aliphatic heterocycles. The van der Waals surface area contributed by atoms with E-state index in [0.29, 0.717) is 10.6 Å². The van der Waals surface area contributed by atoms with Crippen LogP contribution >= 0.6 is 0 Å². The first-order valence-corrected chi connectivity index (χ1v) is 11.1. The van der Waals surface area contributed by atoms with Crippen LogP contribution in [0.4, 0.5) is 0 Å². The predicted octanol–water partition coefficient (Wildman–Crippen LogP) is 2.92. The summed E-state index contributed by atoms with van der Waals surface area (Å²) in [6.07, 6.45) is 5.25. The monoisotopic (exact) mass is 415 g/mol. The van der Waals surface area contributed by atoms with Crippen LogP contribution in [0.1, 0.15) is 40.0 Å². The third-order valence-electron chi connectivity index (χ3n) is 4.97. The van der Waals surface area contributed by atoms with Crippen molar-refractivity contribution in [3.8, 4) is 5.75 Å². The maximum absolute atomic E-state index is 12.6. The number of rotatable bonds is 6. The van der Waals surface area contributed by atoms with Gasteiger partial charge >= 0.3 is 0 Å². The van der Waals surface area contributed by atoms with Crippen LogP contribution in [0, 0.1) is 11.7 Å². The molecule has 1 amide bonds. The topological polar surface area (TPSA) is 112 Å². The Kier molecular flexibility index (Phi) is 6.22. The molecule has 1 atom stereocenters. The van der Waals surface area contributed by atoms with Gasteiger partial charge in [-0.05, 0) is 68.0 Å². The summed E-state index contributed by atoms with van der Waals surface area (Å²) in [5.41, 5.74) is 2.40. The number of carbonyl (C=O) groups is 1. The number of amides is 1. The summed E-state index contributed by atoms with van der Waals surface area (Å²) in [4.78, 5) is 27.7. The van der Waals surface area contributed by atoms with E-state index in [-0.39, 0.29) is 12.1 Å². The summed E-state index contributed by atoms with van der Waals surface area (Å²) < 4.78 is 25.9. The van der Waals surface area contributed by atoms with Gasteiger partial charge in [-0.25, -0.2) is 8.99 Å². The molecule has 3 N–H and O–H groups in total. The summed E-state index contributed by atoms with van der Waals surface area (Å²) in [5.74, 6) is 0.177. The van der Waals surface area contributed by atoms with Gasteiger partial charge < -0.3 is 15.0 Å². The minimum absolute atomic E-state index is 0.0698. The highest BCUT2D eigenvalue weighted by Crippen LogP contribution is 2.23. The number of fused-ring (bicyclic) bond motifs is 1. The molecule has 1 aromatic carbocycles. The molecule has 154 valence electrons. The van der Waals surface area contributed by atoms with Crippen molar-refractivity contribution in [2.45, 2.75) is 37.5 Å². The normalized spacial score (nSPS) is 15.5. The Morgan fingerprint density at radius 3 is 2.79 bits per heavy atom. The number of nitrogens with one attached hydrogen (secondary N) is 3. The number of aromatic amines is 1. The molecule has 8 heteroatoms. The quantitative estimate of drug-likeness (QED) is 0.673. The van der Waals surface area contributed by atoms with Gasteiger partial charge in [0, 0.05) is 17.6 Å². The second kappa shape index (κ2) is 8.65. The minimum atomic E-state index is -3.15. The average molecular weight is 416 g/mol. The minimum Gasteiger partial charge on any atom is -0.496 e. The number of aromatic nitrogens is 1. The zero-order valence-corrected chi connectivity index (χ0v) is 17.4. The van der Waals surface area contributed by atoms with Crippen LogP contribution in [0.25, 0.3) is 0 Å². The van der Waals surface area contributed by atoms with Crippen molar-refractivity contribution in [1.29, 1.82) is 4.78 Å². The largest absolute Gasteiger partial charge is 0.496 e. The van der Waals surface area contributed by atoms with E-state index >= 15 is 0 Å². The number of hydrogen-bond acceptors (Lipinski definition) is 5. The number of carbonyl (C=O) groups excluding carboxylic acids is 1. The maximum Gasteiger partial charge on any atom is 0.261 e. The smallest absolute Gasteiger partial charge is 0.261 e. The van der Waals surface area contributed by atoms with E-state index in [9.17, 15) is 13.8 Å². The number of methoxy groups -OCH3 is 1. The van der Waals surface area contributed by atoms with Crippen LogP contribution in [0.5, 0.6) is 5.75 Å². The van der Waals surface area contributed by atoms with E-state index in [4.69, 9.17) is 9.52 Å². The van der Waals surface area contributed by atoms with Crippen molar-refractivity contribution in [3.05, 3.63) is 68.5 Å². The van der Waals surface area contributed by atoms with Gasteiger partial charge in [0.2, 0.25) is 0 Å². The van der Waals surface area contributed by atoms with Crippen LogP contribution in [0.3, 0.4) is 0 Å². The lowest BCUT2D eigenvalue weighted by Crippen LogP contribution is -2.31. The lowest BCUT2D eigenvalue weighted by atomic mass is 9.95. The van der Waals surface area contributed by atoms with Crippen LogP contribution in [0.15, 0.2) is 45.4 Å². The second-order valence-electron chi connectivity index (χ2n) is 7.04. The lowest BCUT2D eigenvalue weighted by Gasteiger charge is -2.15. The van der Waals surface area contributed by atoms with E-state index < -0.39 is 21.2 Å². The number of hydrogen-bond donors (Lipinski definition) is 3. The lowest BCUT2D eigenvalue weighted by molar-refractivity contribution is 0.0956. The standard InChI is InChI=1S/C21H25N3O4S/c1-14-12-16(8-9-19(14)28-2)29(22,27)11-5-10-23-20(25)17-13-15-6-3-4-7-18(15)24-21(17)26/h5,8-9,11-13,22H,3-4,6-7,10H2,1-2H3,(H,23,25)(H,24,26)/b11-5+. The molecule has 0 spiro atoms. The zero-order valence-electron chi connectivity index (χ0n) is 16.5. The van der Waals surface area contributed by atoms with Gasteiger partial charge in [-0.3, -0.25) is 9.59 Å². The second-order valence-corrected chi connectivity index (χ2v) is 8.98. The van der Waals surface area contributed by atoms with E-state index in [2.05, 4.69) is 10.3 Å².